The van der Waals surface area contributed by atoms with Gasteiger partial charge in [-0.25, -0.2) is 9.97 Å². The Morgan fingerprint density at radius 2 is 2.12 bits per heavy atom. The molecule has 0 aliphatic carbocycles. The molecular formula is C26H26N4O3S. The van der Waals surface area contributed by atoms with Crippen molar-refractivity contribution in [1.29, 1.82) is 0 Å². The fourth-order valence-corrected chi connectivity index (χ4v) is 5.15. The molecule has 4 aromatic rings. The number of benzene rings is 1. The zero-order valence-electron chi connectivity index (χ0n) is 19.2. The summed E-state index contributed by atoms with van der Waals surface area (Å²) in [6.07, 6.45) is 6.90. The Morgan fingerprint density at radius 3 is 2.94 bits per heavy atom. The van der Waals surface area contributed by atoms with E-state index in [0.29, 0.717) is 24.4 Å². The van der Waals surface area contributed by atoms with Crippen molar-refractivity contribution in [2.75, 3.05) is 13.7 Å². The van der Waals surface area contributed by atoms with E-state index in [-0.39, 0.29) is 11.9 Å². The van der Waals surface area contributed by atoms with E-state index in [1.165, 1.54) is 11.3 Å². The Bertz CT molecular complexity index is 1300. The molecule has 0 N–H and O–H groups in total. The van der Waals surface area contributed by atoms with Gasteiger partial charge in [-0.2, -0.15) is 0 Å². The summed E-state index contributed by atoms with van der Waals surface area (Å²) >= 11 is 1.53. The standard InChI is InChI=1S/C26H26N4O3S/c1-17-24(34-16-29-17)22-14-19(9-10-27-22)26(31)30-11-4-3-8-23(30)25-28-15-21(33-25)13-18-6-5-7-20(12-18)32-2/h5-7,9-10,12,14-16,23H,3-4,8,11,13H2,1-2H3. The van der Waals surface area contributed by atoms with Gasteiger partial charge >= 0.3 is 0 Å². The number of amides is 1. The monoisotopic (exact) mass is 474 g/mol. The molecule has 8 heteroatoms. The van der Waals surface area contributed by atoms with E-state index in [1.54, 1.807) is 31.1 Å². The van der Waals surface area contributed by atoms with Crippen LogP contribution in [0.15, 0.2) is 58.7 Å². The molecule has 1 saturated heterocycles. The van der Waals surface area contributed by atoms with Gasteiger partial charge in [-0.15, -0.1) is 11.3 Å². The molecule has 3 aromatic heterocycles. The number of methoxy groups -OCH3 is 1. The molecule has 0 bridgehead atoms. The minimum atomic E-state index is -0.179. The number of hydrogen-bond acceptors (Lipinski definition) is 7. The second-order valence-electron chi connectivity index (χ2n) is 8.40. The zero-order valence-corrected chi connectivity index (χ0v) is 20.0. The Labute approximate surface area is 202 Å². The molecule has 1 aliphatic rings. The largest absolute Gasteiger partial charge is 0.497 e. The van der Waals surface area contributed by atoms with Gasteiger partial charge < -0.3 is 14.1 Å². The smallest absolute Gasteiger partial charge is 0.254 e. The Balaban J connectivity index is 1.37. The van der Waals surface area contributed by atoms with Gasteiger partial charge in [0.25, 0.3) is 5.91 Å². The topological polar surface area (TPSA) is 81.4 Å². The highest BCUT2D eigenvalue weighted by molar-refractivity contribution is 7.13. The first-order valence-electron chi connectivity index (χ1n) is 11.4. The highest BCUT2D eigenvalue weighted by Crippen LogP contribution is 2.33. The number of ether oxygens (including phenoxy) is 1. The van der Waals surface area contributed by atoms with Crippen LogP contribution < -0.4 is 4.74 Å². The molecule has 5 rings (SSSR count). The molecule has 1 unspecified atom stereocenters. The highest BCUT2D eigenvalue weighted by atomic mass is 32.1. The number of hydrogen-bond donors (Lipinski definition) is 0. The van der Waals surface area contributed by atoms with Crippen molar-refractivity contribution in [2.24, 2.45) is 0 Å². The normalized spacial score (nSPS) is 15.9. The van der Waals surface area contributed by atoms with E-state index < -0.39 is 0 Å². The second kappa shape index (κ2) is 9.77. The summed E-state index contributed by atoms with van der Waals surface area (Å²) in [4.78, 5) is 29.8. The summed E-state index contributed by atoms with van der Waals surface area (Å²) in [6, 6.07) is 11.4. The summed E-state index contributed by atoms with van der Waals surface area (Å²) in [5.41, 5.74) is 5.19. The number of thiazole rings is 1. The molecule has 1 fully saturated rings. The minimum absolute atomic E-state index is 0.0249. The maximum Gasteiger partial charge on any atom is 0.254 e. The predicted octanol–water partition coefficient (Wildman–Crippen LogP) is 5.47. The van der Waals surface area contributed by atoms with Crippen molar-refractivity contribution >= 4 is 17.2 Å². The van der Waals surface area contributed by atoms with E-state index in [4.69, 9.17) is 9.15 Å². The van der Waals surface area contributed by atoms with Crippen LogP contribution in [-0.2, 0) is 6.42 Å². The van der Waals surface area contributed by atoms with Crippen molar-refractivity contribution in [3.63, 3.8) is 0 Å². The Kier molecular flexibility index (Phi) is 6.40. The van der Waals surface area contributed by atoms with Crippen LogP contribution in [0.4, 0.5) is 0 Å². The number of rotatable bonds is 6. The summed E-state index contributed by atoms with van der Waals surface area (Å²) in [5.74, 6) is 2.15. The Hall–Kier alpha value is -3.52. The van der Waals surface area contributed by atoms with Crippen molar-refractivity contribution in [3.8, 4) is 16.3 Å². The molecule has 0 saturated carbocycles. The first-order valence-corrected chi connectivity index (χ1v) is 12.3. The lowest BCUT2D eigenvalue weighted by Crippen LogP contribution is -2.38. The molecule has 7 nitrogen and oxygen atoms in total. The van der Waals surface area contributed by atoms with E-state index >= 15 is 0 Å². The zero-order chi connectivity index (χ0) is 23.5. The van der Waals surface area contributed by atoms with E-state index in [1.807, 2.05) is 42.2 Å². The fraction of sp³-hybridized carbons (Fsp3) is 0.308. The van der Waals surface area contributed by atoms with Crippen molar-refractivity contribution in [2.45, 2.75) is 38.6 Å². The number of likely N-dealkylation sites (tertiary alicyclic amines) is 1. The van der Waals surface area contributed by atoms with E-state index in [0.717, 1.165) is 52.6 Å². The summed E-state index contributed by atoms with van der Waals surface area (Å²) in [5, 5.41) is 0. The Morgan fingerprint density at radius 1 is 1.21 bits per heavy atom. The maximum absolute atomic E-state index is 13.6. The first-order chi connectivity index (χ1) is 16.6. The van der Waals surface area contributed by atoms with E-state index in [9.17, 15) is 4.79 Å². The second-order valence-corrected chi connectivity index (χ2v) is 9.25. The fourth-order valence-electron chi connectivity index (χ4n) is 4.37. The first kappa shape index (κ1) is 22.3. The van der Waals surface area contributed by atoms with Gasteiger partial charge in [0.2, 0.25) is 5.89 Å². The lowest BCUT2D eigenvalue weighted by atomic mass is 10.0. The number of nitrogens with zero attached hydrogens (tertiary/aromatic N) is 4. The van der Waals surface area contributed by atoms with Crippen LogP contribution in [0.2, 0.25) is 0 Å². The number of carbonyl (C=O) groups is 1. The minimum Gasteiger partial charge on any atom is -0.497 e. The summed E-state index contributed by atoms with van der Waals surface area (Å²) in [7, 11) is 1.66. The lowest BCUT2D eigenvalue weighted by Gasteiger charge is -2.33. The van der Waals surface area contributed by atoms with E-state index in [2.05, 4.69) is 15.0 Å². The van der Waals surface area contributed by atoms with Gasteiger partial charge in [-0.1, -0.05) is 12.1 Å². The number of aryl methyl sites for hydroxylation is 1. The van der Waals surface area contributed by atoms with Gasteiger partial charge in [-0.3, -0.25) is 9.78 Å². The third-order valence-electron chi connectivity index (χ3n) is 6.12. The number of oxazole rings is 1. The van der Waals surface area contributed by atoms with Crippen LogP contribution in [0.1, 0.15) is 58.6 Å². The van der Waals surface area contributed by atoms with Crippen LogP contribution in [-0.4, -0.2) is 39.4 Å². The highest BCUT2D eigenvalue weighted by Gasteiger charge is 2.32. The van der Waals surface area contributed by atoms with Gasteiger partial charge in [0.05, 0.1) is 35.1 Å². The number of carbonyl (C=O) groups excluding carboxylic acids is 1. The van der Waals surface area contributed by atoms with Crippen LogP contribution in [0, 0.1) is 6.92 Å². The van der Waals surface area contributed by atoms with Crippen molar-refractivity contribution < 1.29 is 13.9 Å². The average Bonchev–Trinajstić information content (AvgIpc) is 3.52. The molecule has 0 spiro atoms. The summed E-state index contributed by atoms with van der Waals surface area (Å²) in [6.45, 7) is 2.63. The van der Waals surface area contributed by atoms with Gasteiger partial charge in [-0.05, 0) is 56.0 Å². The SMILES string of the molecule is COc1cccc(Cc2cnc(C3CCCCN3C(=O)c3ccnc(-c4scnc4C)c3)o2)c1. The molecule has 1 aliphatic heterocycles. The summed E-state index contributed by atoms with van der Waals surface area (Å²) < 4.78 is 11.5. The van der Waals surface area contributed by atoms with Gasteiger partial charge in [0.15, 0.2) is 0 Å². The molecule has 1 amide bonds. The van der Waals surface area contributed by atoms with Crippen LogP contribution in [0.3, 0.4) is 0 Å². The molecule has 0 radical (unpaired) electrons. The molecule has 174 valence electrons. The quantitative estimate of drug-likeness (QED) is 0.369. The number of pyridine rings is 1. The molecule has 1 atom stereocenters. The van der Waals surface area contributed by atoms with Gasteiger partial charge in [0.1, 0.15) is 17.6 Å². The average molecular weight is 475 g/mol. The van der Waals surface area contributed by atoms with Crippen LogP contribution in [0.5, 0.6) is 5.75 Å². The van der Waals surface area contributed by atoms with Crippen molar-refractivity contribution in [3.05, 3.63) is 82.8 Å². The number of aromatic nitrogens is 3. The van der Waals surface area contributed by atoms with Crippen LogP contribution >= 0.6 is 11.3 Å². The molecule has 1 aromatic carbocycles. The number of piperidine rings is 1. The lowest BCUT2D eigenvalue weighted by molar-refractivity contribution is 0.0570. The molecular weight excluding hydrogens is 448 g/mol. The molecule has 4 heterocycles. The predicted molar refractivity (Wildman–Crippen MR) is 130 cm³/mol. The maximum atomic E-state index is 13.6. The third kappa shape index (κ3) is 4.59. The van der Waals surface area contributed by atoms with Crippen LogP contribution in [0.25, 0.3) is 10.6 Å². The van der Waals surface area contributed by atoms with Gasteiger partial charge in [0, 0.05) is 24.7 Å². The third-order valence-corrected chi connectivity index (χ3v) is 7.07. The van der Waals surface area contributed by atoms with Crippen molar-refractivity contribution in [1.82, 2.24) is 19.9 Å². The molecule has 34 heavy (non-hydrogen) atoms.